The Morgan fingerprint density at radius 2 is 1.85 bits per heavy atom. The lowest BCUT2D eigenvalue weighted by atomic mass is 9.77. The fraction of sp³-hybridized carbons (Fsp3) is 0.950. The van der Waals surface area contributed by atoms with Gasteiger partial charge in [-0.3, -0.25) is 4.79 Å². The van der Waals surface area contributed by atoms with Crippen LogP contribution in [-0.2, 0) is 4.79 Å². The molecule has 0 aromatic carbocycles. The molecule has 5 nitrogen and oxygen atoms in total. The average Bonchev–Trinajstić information content (AvgIpc) is 3.13. The summed E-state index contributed by atoms with van der Waals surface area (Å²) in [6, 6.07) is 0.251. The molecule has 2 saturated carbocycles. The highest BCUT2D eigenvalue weighted by Crippen LogP contribution is 2.39. The molecule has 2 aliphatic carbocycles. The molecular weight excluding hydrogens is 331 g/mol. The van der Waals surface area contributed by atoms with Crippen molar-refractivity contribution in [2.75, 3.05) is 19.8 Å². The Hall–Kier alpha value is -0.720. The number of nitrogens with one attached hydrogen (secondary N) is 4. The second kappa shape index (κ2) is 8.11. The summed E-state index contributed by atoms with van der Waals surface area (Å²) in [4.78, 5) is 12.8. The lowest BCUT2D eigenvalue weighted by Gasteiger charge is -2.37. The van der Waals surface area contributed by atoms with Crippen molar-refractivity contribution in [3.05, 3.63) is 0 Å². The van der Waals surface area contributed by atoms with E-state index in [0.717, 1.165) is 39.0 Å². The molecule has 0 bridgehead atoms. The summed E-state index contributed by atoms with van der Waals surface area (Å²) in [7, 11) is 0. The van der Waals surface area contributed by atoms with Crippen LogP contribution >= 0.6 is 0 Å². The van der Waals surface area contributed by atoms with Crippen LogP contribution in [0.3, 0.4) is 0 Å². The number of carbonyl (C=O) groups excluding carboxylic acids is 1. The zero-order chi connectivity index (χ0) is 18.1. The van der Waals surface area contributed by atoms with Crippen molar-refractivity contribution in [3.63, 3.8) is 0 Å². The minimum atomic E-state index is -0.744. The standard InChI is InChI=1S/C20H35FN4O/c1-12-5-6-17(21)16-8-18(25-19(12)16)20(26)24-15-4-2-3-13(7-15)14-9-22-11-23-10-14/h12-19,22-23,25H,2-11H2,1H3,(H,24,26)/t12?,13-,15-,16?,17?,18?,19?/m1/s1. The molecular formula is C20H35FN4O. The van der Waals surface area contributed by atoms with E-state index in [-0.39, 0.29) is 30.0 Å². The summed E-state index contributed by atoms with van der Waals surface area (Å²) in [5.41, 5.74) is 0. The van der Waals surface area contributed by atoms with Crippen LogP contribution in [0, 0.1) is 23.7 Å². The third-order valence-corrected chi connectivity index (χ3v) is 7.45. The van der Waals surface area contributed by atoms with E-state index in [9.17, 15) is 9.18 Å². The van der Waals surface area contributed by atoms with Crippen LogP contribution in [0.15, 0.2) is 0 Å². The van der Waals surface area contributed by atoms with Gasteiger partial charge in [-0.05, 0) is 56.3 Å². The summed E-state index contributed by atoms with van der Waals surface area (Å²) >= 11 is 0. The minimum absolute atomic E-state index is 0.0213. The van der Waals surface area contributed by atoms with Crippen LogP contribution in [-0.4, -0.2) is 50.0 Å². The second-order valence-corrected chi connectivity index (χ2v) is 9.19. The highest BCUT2D eigenvalue weighted by Gasteiger charge is 2.46. The molecule has 4 fully saturated rings. The molecule has 5 unspecified atom stereocenters. The van der Waals surface area contributed by atoms with E-state index in [2.05, 4.69) is 28.2 Å². The molecule has 4 N–H and O–H groups in total. The molecule has 1 amide bonds. The molecule has 0 spiro atoms. The van der Waals surface area contributed by atoms with E-state index in [1.54, 1.807) is 0 Å². The fourth-order valence-corrected chi connectivity index (χ4v) is 5.90. The first-order valence-corrected chi connectivity index (χ1v) is 10.7. The van der Waals surface area contributed by atoms with Gasteiger partial charge in [0.2, 0.25) is 5.91 Å². The minimum Gasteiger partial charge on any atom is -0.352 e. The molecule has 2 heterocycles. The van der Waals surface area contributed by atoms with Gasteiger partial charge in [0.05, 0.1) is 6.04 Å². The molecule has 148 valence electrons. The zero-order valence-electron chi connectivity index (χ0n) is 16.0. The molecule has 4 aliphatic rings. The normalized spacial score (nSPS) is 44.5. The van der Waals surface area contributed by atoms with Crippen LogP contribution in [0.4, 0.5) is 4.39 Å². The molecule has 26 heavy (non-hydrogen) atoms. The van der Waals surface area contributed by atoms with E-state index in [1.165, 1.54) is 12.8 Å². The van der Waals surface area contributed by atoms with Crippen molar-refractivity contribution in [3.8, 4) is 0 Å². The van der Waals surface area contributed by atoms with Gasteiger partial charge in [-0.15, -0.1) is 0 Å². The van der Waals surface area contributed by atoms with Gasteiger partial charge >= 0.3 is 0 Å². The number of carbonyl (C=O) groups is 1. The van der Waals surface area contributed by atoms with Crippen LogP contribution in [0.1, 0.15) is 51.9 Å². The number of rotatable bonds is 3. The highest BCUT2D eigenvalue weighted by molar-refractivity contribution is 5.82. The lowest BCUT2D eigenvalue weighted by molar-refractivity contribution is -0.124. The van der Waals surface area contributed by atoms with E-state index < -0.39 is 6.17 Å². The Labute approximate surface area is 156 Å². The fourth-order valence-electron chi connectivity index (χ4n) is 5.90. The van der Waals surface area contributed by atoms with Crippen molar-refractivity contribution < 1.29 is 9.18 Å². The first-order chi connectivity index (χ1) is 12.6. The third-order valence-electron chi connectivity index (χ3n) is 7.45. The Balaban J connectivity index is 1.30. The molecule has 7 atom stereocenters. The van der Waals surface area contributed by atoms with Crippen LogP contribution in [0.25, 0.3) is 0 Å². The Morgan fingerprint density at radius 1 is 1.04 bits per heavy atom. The van der Waals surface area contributed by atoms with Crippen LogP contribution < -0.4 is 21.3 Å². The quantitative estimate of drug-likeness (QED) is 0.612. The second-order valence-electron chi connectivity index (χ2n) is 9.19. The Morgan fingerprint density at radius 3 is 2.62 bits per heavy atom. The van der Waals surface area contributed by atoms with Gasteiger partial charge in [-0.1, -0.05) is 13.3 Å². The predicted octanol–water partition coefficient (Wildman–Crippen LogP) is 1.54. The van der Waals surface area contributed by atoms with Crippen molar-refractivity contribution in [1.82, 2.24) is 21.3 Å². The molecule has 2 saturated heterocycles. The zero-order valence-corrected chi connectivity index (χ0v) is 16.0. The highest BCUT2D eigenvalue weighted by atomic mass is 19.1. The summed E-state index contributed by atoms with van der Waals surface area (Å²) in [6.07, 6.45) is 6.13. The third kappa shape index (κ3) is 3.92. The topological polar surface area (TPSA) is 65.2 Å². The number of halogens is 1. The molecule has 0 aromatic heterocycles. The first-order valence-electron chi connectivity index (χ1n) is 10.7. The number of amides is 1. The maximum Gasteiger partial charge on any atom is 0.237 e. The molecule has 6 heteroatoms. The predicted molar refractivity (Wildman–Crippen MR) is 100 cm³/mol. The smallest absolute Gasteiger partial charge is 0.237 e. The Bertz CT molecular complexity index is 480. The summed E-state index contributed by atoms with van der Waals surface area (Å²) in [5, 5.41) is 13.6. The SMILES string of the molecule is CC1CCC(F)C2CC(C(=O)N[C@@H]3CCC[C@@H](C4CNCNC4)C3)NC12. The van der Waals surface area contributed by atoms with Gasteiger partial charge in [0.1, 0.15) is 6.17 Å². The van der Waals surface area contributed by atoms with Gasteiger partial charge in [0.25, 0.3) is 0 Å². The summed E-state index contributed by atoms with van der Waals surface area (Å²) in [5.74, 6) is 1.94. The lowest BCUT2D eigenvalue weighted by Crippen LogP contribution is -2.51. The number of hydrogen-bond acceptors (Lipinski definition) is 4. The monoisotopic (exact) mass is 366 g/mol. The molecule has 0 radical (unpaired) electrons. The van der Waals surface area contributed by atoms with E-state index >= 15 is 0 Å². The molecule has 4 rings (SSSR count). The van der Waals surface area contributed by atoms with Crippen molar-refractivity contribution >= 4 is 5.91 Å². The van der Waals surface area contributed by atoms with Gasteiger partial charge in [0.15, 0.2) is 0 Å². The van der Waals surface area contributed by atoms with Crippen LogP contribution in [0.2, 0.25) is 0 Å². The molecule has 2 aliphatic heterocycles. The van der Waals surface area contributed by atoms with Gasteiger partial charge in [0, 0.05) is 37.8 Å². The largest absolute Gasteiger partial charge is 0.352 e. The number of fused-ring (bicyclic) bond motifs is 1. The van der Waals surface area contributed by atoms with Crippen LogP contribution in [0.5, 0.6) is 0 Å². The van der Waals surface area contributed by atoms with Gasteiger partial charge < -0.3 is 21.3 Å². The van der Waals surface area contributed by atoms with Gasteiger partial charge in [-0.2, -0.15) is 0 Å². The number of hydrogen-bond donors (Lipinski definition) is 4. The summed E-state index contributed by atoms with van der Waals surface area (Å²) < 4.78 is 14.3. The average molecular weight is 367 g/mol. The van der Waals surface area contributed by atoms with Crippen molar-refractivity contribution in [2.45, 2.75) is 76.2 Å². The maximum absolute atomic E-state index is 14.3. The molecule has 0 aromatic rings. The van der Waals surface area contributed by atoms with Gasteiger partial charge in [-0.25, -0.2) is 4.39 Å². The Kier molecular flexibility index (Phi) is 5.81. The van der Waals surface area contributed by atoms with E-state index in [4.69, 9.17) is 0 Å². The first kappa shape index (κ1) is 18.6. The van der Waals surface area contributed by atoms with Crippen molar-refractivity contribution in [1.29, 1.82) is 0 Å². The van der Waals surface area contributed by atoms with E-state index in [1.807, 2.05) is 0 Å². The van der Waals surface area contributed by atoms with Crippen molar-refractivity contribution in [2.24, 2.45) is 23.7 Å². The summed E-state index contributed by atoms with van der Waals surface area (Å²) in [6.45, 7) is 5.27. The maximum atomic E-state index is 14.3. The number of alkyl halides is 1. The van der Waals surface area contributed by atoms with E-state index in [0.29, 0.717) is 30.6 Å².